The maximum atomic E-state index is 14.3. The lowest BCUT2D eigenvalue weighted by atomic mass is 9.79. The molecule has 2 aromatic carbocycles. The van der Waals surface area contributed by atoms with Gasteiger partial charge in [-0.05, 0) is 44.2 Å². The van der Waals surface area contributed by atoms with E-state index in [0.717, 1.165) is 82.3 Å². The molecule has 5 heterocycles. The Hall–Kier alpha value is -3.55. The highest BCUT2D eigenvalue weighted by Crippen LogP contribution is 2.53. The molecule has 0 aliphatic carbocycles. The van der Waals surface area contributed by atoms with E-state index in [-0.39, 0.29) is 29.5 Å². The Bertz CT molecular complexity index is 1520. The number of nitrogens with zero attached hydrogens (tertiary/aromatic N) is 4. The van der Waals surface area contributed by atoms with Crippen LogP contribution in [-0.4, -0.2) is 76.6 Å². The molecule has 7 rings (SSSR count). The molecule has 8 nitrogen and oxygen atoms in total. The smallest absolute Gasteiger partial charge is 0.265 e. The molecule has 1 atom stereocenters. The molecule has 8 heteroatoms. The lowest BCUT2D eigenvalue weighted by Crippen LogP contribution is -2.46. The van der Waals surface area contributed by atoms with Crippen molar-refractivity contribution >= 4 is 45.9 Å². The molecule has 39 heavy (non-hydrogen) atoms. The molecule has 0 saturated heterocycles. The van der Waals surface area contributed by atoms with Gasteiger partial charge in [0.05, 0.1) is 36.7 Å². The first-order valence-electron chi connectivity index (χ1n) is 14.8. The minimum atomic E-state index is -0.327. The summed E-state index contributed by atoms with van der Waals surface area (Å²) in [6.07, 6.45) is 7.22. The van der Waals surface area contributed by atoms with Crippen LogP contribution in [0.2, 0.25) is 0 Å². The zero-order chi connectivity index (χ0) is 27.0. The number of unbranched alkanes of at least 4 members (excludes halogenated alkanes) is 2. The standard InChI is InChI=1S/C31H35N4O4/c1-3-5-15-34-28(36)19-11-12-20-22-21(19)24(30(34)38)23-18-10-7-8-13-32-14-9-17-33(27(18)32)26(23)25(22)31(39)35(29(20)37)16-6-4-2/h11-12,18H,3-10,13-17H2,1-2H3/q+1. The molecular formula is C31H35N4O4+. The first-order valence-corrected chi connectivity index (χ1v) is 14.8. The van der Waals surface area contributed by atoms with Gasteiger partial charge in [-0.1, -0.05) is 26.7 Å². The van der Waals surface area contributed by atoms with E-state index >= 15 is 0 Å². The SMILES string of the molecule is CCCCN1C(=O)c2ccc3c4c(c5c(c(c24)C1=O)C1CCCC[N+]2=C1N5CCC2)C(=O)N(CCCC)C3=O. The minimum absolute atomic E-state index is 0.00894. The summed E-state index contributed by atoms with van der Waals surface area (Å²) in [4.78, 5) is 61.2. The Morgan fingerprint density at radius 1 is 0.769 bits per heavy atom. The van der Waals surface area contributed by atoms with Crippen molar-refractivity contribution in [2.24, 2.45) is 0 Å². The number of carbonyl (C=O) groups is 4. The van der Waals surface area contributed by atoms with Crippen LogP contribution in [0.25, 0.3) is 10.8 Å². The number of fused-ring (bicyclic) bond motifs is 5. The van der Waals surface area contributed by atoms with Gasteiger partial charge < -0.3 is 0 Å². The highest BCUT2D eigenvalue weighted by molar-refractivity contribution is 6.37. The number of hydrogen-bond donors (Lipinski definition) is 0. The zero-order valence-corrected chi connectivity index (χ0v) is 22.8. The van der Waals surface area contributed by atoms with Crippen LogP contribution in [-0.2, 0) is 0 Å². The number of carbonyl (C=O) groups excluding carboxylic acids is 4. The Labute approximate surface area is 228 Å². The van der Waals surface area contributed by atoms with Crippen LogP contribution in [0.3, 0.4) is 0 Å². The number of amidine groups is 1. The third-order valence-electron chi connectivity index (χ3n) is 9.32. The fourth-order valence-electron chi connectivity index (χ4n) is 7.55. The number of imide groups is 2. The van der Waals surface area contributed by atoms with E-state index in [1.807, 2.05) is 13.8 Å². The van der Waals surface area contributed by atoms with E-state index in [1.165, 1.54) is 15.6 Å². The predicted octanol–water partition coefficient (Wildman–Crippen LogP) is 4.53. The van der Waals surface area contributed by atoms with E-state index < -0.39 is 0 Å². The van der Waals surface area contributed by atoms with Crippen LogP contribution in [0.4, 0.5) is 5.69 Å². The maximum Gasteiger partial charge on any atom is 0.265 e. The number of rotatable bonds is 6. The van der Waals surface area contributed by atoms with Crippen molar-refractivity contribution in [1.29, 1.82) is 0 Å². The molecule has 5 aliphatic heterocycles. The van der Waals surface area contributed by atoms with Crippen molar-refractivity contribution in [3.05, 3.63) is 39.9 Å². The molecule has 0 fully saturated rings. The summed E-state index contributed by atoms with van der Waals surface area (Å²) in [5, 5.41) is 1.03. The van der Waals surface area contributed by atoms with Gasteiger partial charge in [-0.2, -0.15) is 0 Å². The fourth-order valence-corrected chi connectivity index (χ4v) is 7.55. The second kappa shape index (κ2) is 9.00. The molecule has 5 aliphatic rings. The minimum Gasteiger partial charge on any atom is -0.274 e. The quantitative estimate of drug-likeness (QED) is 0.407. The van der Waals surface area contributed by atoms with E-state index in [9.17, 15) is 19.2 Å². The Kier molecular flexibility index (Phi) is 5.65. The lowest BCUT2D eigenvalue weighted by Gasteiger charge is -2.34. The lowest BCUT2D eigenvalue weighted by molar-refractivity contribution is -0.532. The second-order valence-electron chi connectivity index (χ2n) is 11.6. The highest BCUT2D eigenvalue weighted by Gasteiger charge is 2.54. The molecule has 4 amide bonds. The van der Waals surface area contributed by atoms with Gasteiger partial charge in [0.2, 0.25) is 0 Å². The van der Waals surface area contributed by atoms with E-state index in [2.05, 4.69) is 9.48 Å². The Balaban J connectivity index is 1.60. The summed E-state index contributed by atoms with van der Waals surface area (Å²) < 4.78 is 2.45. The average Bonchev–Trinajstić information content (AvgIpc) is 3.10. The predicted molar refractivity (Wildman–Crippen MR) is 148 cm³/mol. The maximum absolute atomic E-state index is 14.3. The van der Waals surface area contributed by atoms with Crippen molar-refractivity contribution in [2.45, 2.75) is 71.1 Å². The first-order chi connectivity index (χ1) is 19.0. The average molecular weight is 528 g/mol. The second-order valence-corrected chi connectivity index (χ2v) is 11.6. The molecule has 0 spiro atoms. The van der Waals surface area contributed by atoms with Crippen LogP contribution in [0, 0.1) is 0 Å². The van der Waals surface area contributed by atoms with E-state index in [0.29, 0.717) is 46.1 Å². The molecule has 0 aromatic heterocycles. The Morgan fingerprint density at radius 2 is 1.36 bits per heavy atom. The number of anilines is 1. The molecule has 2 aromatic rings. The third kappa shape index (κ3) is 3.20. The number of amides is 4. The summed E-state index contributed by atoms with van der Waals surface area (Å²) >= 11 is 0. The van der Waals surface area contributed by atoms with Crippen molar-refractivity contribution in [1.82, 2.24) is 9.80 Å². The van der Waals surface area contributed by atoms with Crippen molar-refractivity contribution in [2.75, 3.05) is 37.6 Å². The van der Waals surface area contributed by atoms with Gasteiger partial charge in [-0.15, -0.1) is 0 Å². The largest absolute Gasteiger partial charge is 0.274 e. The van der Waals surface area contributed by atoms with E-state index in [1.54, 1.807) is 12.1 Å². The molecule has 1 unspecified atom stereocenters. The van der Waals surface area contributed by atoms with Crippen molar-refractivity contribution < 1.29 is 23.8 Å². The normalized spacial score (nSPS) is 21.7. The van der Waals surface area contributed by atoms with Crippen molar-refractivity contribution in [3.8, 4) is 0 Å². The van der Waals surface area contributed by atoms with Gasteiger partial charge in [-0.3, -0.25) is 33.6 Å². The Morgan fingerprint density at radius 3 is 2.00 bits per heavy atom. The summed E-state index contributed by atoms with van der Waals surface area (Å²) in [5.74, 6) is 0.00203. The van der Waals surface area contributed by atoms with Crippen LogP contribution >= 0.6 is 0 Å². The van der Waals surface area contributed by atoms with Gasteiger partial charge in [0, 0.05) is 47.0 Å². The van der Waals surface area contributed by atoms with Gasteiger partial charge >= 0.3 is 0 Å². The molecular weight excluding hydrogens is 492 g/mol. The molecule has 0 N–H and O–H groups in total. The number of benzene rings is 2. The first kappa shape index (κ1) is 24.5. The fraction of sp³-hybridized carbons (Fsp3) is 0.516. The zero-order valence-electron chi connectivity index (χ0n) is 22.8. The molecule has 0 bridgehead atoms. The van der Waals surface area contributed by atoms with E-state index in [4.69, 9.17) is 0 Å². The molecule has 0 saturated carbocycles. The summed E-state index contributed by atoms with van der Waals surface area (Å²) in [6, 6.07) is 3.42. The monoisotopic (exact) mass is 527 g/mol. The van der Waals surface area contributed by atoms with Gasteiger partial charge in [0.25, 0.3) is 29.5 Å². The van der Waals surface area contributed by atoms with Gasteiger partial charge in [0.1, 0.15) is 5.69 Å². The van der Waals surface area contributed by atoms with Crippen LogP contribution in [0.15, 0.2) is 12.1 Å². The summed E-state index contributed by atoms with van der Waals surface area (Å²) in [5.41, 5.74) is 3.66. The topological polar surface area (TPSA) is 81.0 Å². The van der Waals surface area contributed by atoms with Gasteiger partial charge in [-0.25, -0.2) is 4.90 Å². The third-order valence-corrected chi connectivity index (χ3v) is 9.32. The summed E-state index contributed by atoms with van der Waals surface area (Å²) in [6.45, 7) is 7.55. The number of hydrogen-bond acceptors (Lipinski definition) is 5. The van der Waals surface area contributed by atoms with Crippen LogP contribution < -0.4 is 4.90 Å². The van der Waals surface area contributed by atoms with Gasteiger partial charge in [0.15, 0.2) is 0 Å². The van der Waals surface area contributed by atoms with Crippen LogP contribution in [0.5, 0.6) is 0 Å². The summed E-state index contributed by atoms with van der Waals surface area (Å²) in [7, 11) is 0. The molecule has 0 radical (unpaired) electrons. The van der Waals surface area contributed by atoms with Crippen molar-refractivity contribution in [3.63, 3.8) is 0 Å². The van der Waals surface area contributed by atoms with Crippen LogP contribution in [0.1, 0.15) is 118 Å². The highest BCUT2D eigenvalue weighted by atomic mass is 16.2. The molecule has 202 valence electrons.